The van der Waals surface area contributed by atoms with E-state index in [0.717, 1.165) is 33.4 Å². The number of ether oxygens (including phenoxy) is 1. The van der Waals surface area contributed by atoms with Crippen LogP contribution >= 0.6 is 23.1 Å². The fourth-order valence-electron chi connectivity index (χ4n) is 2.47. The van der Waals surface area contributed by atoms with E-state index in [-0.39, 0.29) is 11.8 Å². The van der Waals surface area contributed by atoms with Crippen LogP contribution in [0.1, 0.15) is 17.0 Å². The van der Waals surface area contributed by atoms with Gasteiger partial charge in [0.1, 0.15) is 16.6 Å². The van der Waals surface area contributed by atoms with Crippen molar-refractivity contribution in [2.45, 2.75) is 17.7 Å². The molecular weight excluding hydrogens is 411 g/mol. The number of hydrogen-bond acceptors (Lipinski definition) is 6. The zero-order valence-corrected chi connectivity index (χ0v) is 17.5. The number of hydrogen-bond donors (Lipinski definition) is 2. The molecule has 0 saturated carbocycles. The van der Waals surface area contributed by atoms with E-state index in [2.05, 4.69) is 20.8 Å². The van der Waals surface area contributed by atoms with Crippen molar-refractivity contribution in [3.63, 3.8) is 0 Å². The van der Waals surface area contributed by atoms with Crippen LogP contribution in [0.15, 0.2) is 53.4 Å². The topological polar surface area (TPSA) is 76.1 Å². The minimum atomic E-state index is -0.305. The number of amides is 2. The Morgan fingerprint density at radius 1 is 1.21 bits per heavy atom. The van der Waals surface area contributed by atoms with E-state index in [4.69, 9.17) is 4.74 Å². The number of aromatic nitrogens is 2. The molecule has 152 valence electrons. The summed E-state index contributed by atoms with van der Waals surface area (Å²) in [4.78, 5) is 13.0. The van der Waals surface area contributed by atoms with Gasteiger partial charge in [-0.25, -0.2) is 9.18 Å². The highest BCUT2D eigenvalue weighted by Crippen LogP contribution is 2.21. The van der Waals surface area contributed by atoms with Crippen LogP contribution < -0.4 is 15.4 Å². The lowest BCUT2D eigenvalue weighted by Gasteiger charge is -2.05. The summed E-state index contributed by atoms with van der Waals surface area (Å²) in [6, 6.07) is 13.8. The third kappa shape index (κ3) is 7.03. The average Bonchev–Trinajstić information content (AvgIpc) is 3.15. The quantitative estimate of drug-likeness (QED) is 0.382. The van der Waals surface area contributed by atoms with Crippen molar-refractivity contribution in [2.75, 3.05) is 24.7 Å². The van der Waals surface area contributed by atoms with Gasteiger partial charge < -0.3 is 10.1 Å². The first-order chi connectivity index (χ1) is 14.1. The van der Waals surface area contributed by atoms with E-state index in [0.29, 0.717) is 18.1 Å². The highest BCUT2D eigenvalue weighted by molar-refractivity contribution is 7.99. The number of anilines is 1. The molecule has 0 saturated heterocycles. The lowest BCUT2D eigenvalue weighted by atomic mass is 10.1. The van der Waals surface area contributed by atoms with Gasteiger partial charge in [-0.15, -0.1) is 22.0 Å². The number of urea groups is 1. The monoisotopic (exact) mass is 432 g/mol. The maximum atomic E-state index is 12.9. The lowest BCUT2D eigenvalue weighted by molar-refractivity contribution is 0.252. The van der Waals surface area contributed by atoms with Crippen LogP contribution in [0.2, 0.25) is 0 Å². The molecule has 29 heavy (non-hydrogen) atoms. The first kappa shape index (κ1) is 21.1. The predicted molar refractivity (Wildman–Crippen MR) is 114 cm³/mol. The Kier molecular flexibility index (Phi) is 7.83. The average molecular weight is 433 g/mol. The Labute approximate surface area is 176 Å². The first-order valence-corrected chi connectivity index (χ1v) is 10.8. The normalized spacial score (nSPS) is 10.6. The molecule has 0 fully saturated rings. The smallest absolute Gasteiger partial charge is 0.321 e. The zero-order valence-electron chi connectivity index (χ0n) is 15.9. The maximum absolute atomic E-state index is 12.9. The molecule has 0 spiro atoms. The number of thioether (sulfide) groups is 1. The summed E-state index contributed by atoms with van der Waals surface area (Å²) < 4.78 is 18.1. The van der Waals surface area contributed by atoms with Gasteiger partial charge in [-0.1, -0.05) is 23.5 Å². The Hall–Kier alpha value is -2.65. The number of carbonyl (C=O) groups is 1. The van der Waals surface area contributed by atoms with Crippen LogP contribution in [0.4, 0.5) is 14.3 Å². The minimum Gasteiger partial charge on any atom is -0.497 e. The highest BCUT2D eigenvalue weighted by atomic mass is 32.2. The standard InChI is InChI=1S/C20H21FN4O2S2/c1-27-16-5-2-4-14(12-16)13-18-24-25-20(29-18)23-19(26)22-10-3-11-28-17-8-6-15(21)7-9-17/h2,4-9,12H,3,10-11,13H2,1H3,(H2,22,23,25,26). The van der Waals surface area contributed by atoms with E-state index >= 15 is 0 Å². The molecule has 2 N–H and O–H groups in total. The van der Waals surface area contributed by atoms with Crippen molar-refractivity contribution >= 4 is 34.3 Å². The molecule has 0 radical (unpaired) electrons. The molecule has 3 rings (SSSR count). The Morgan fingerprint density at radius 2 is 2.03 bits per heavy atom. The van der Waals surface area contributed by atoms with Crippen LogP contribution in [0.5, 0.6) is 5.75 Å². The number of carbonyl (C=O) groups excluding carboxylic acids is 1. The van der Waals surface area contributed by atoms with Gasteiger partial charge >= 0.3 is 6.03 Å². The largest absolute Gasteiger partial charge is 0.497 e. The van der Waals surface area contributed by atoms with Gasteiger partial charge in [0.25, 0.3) is 0 Å². The van der Waals surface area contributed by atoms with Crippen molar-refractivity contribution in [2.24, 2.45) is 0 Å². The van der Waals surface area contributed by atoms with E-state index in [1.54, 1.807) is 31.0 Å². The SMILES string of the molecule is COc1cccc(Cc2nnc(NC(=O)NCCCSc3ccc(F)cc3)s2)c1. The number of halogens is 1. The maximum Gasteiger partial charge on any atom is 0.321 e. The molecule has 9 heteroatoms. The molecule has 1 aromatic heterocycles. The van der Waals surface area contributed by atoms with Crippen LogP contribution in [-0.4, -0.2) is 35.6 Å². The van der Waals surface area contributed by atoms with Crippen molar-refractivity contribution in [1.29, 1.82) is 0 Å². The molecule has 2 amide bonds. The highest BCUT2D eigenvalue weighted by Gasteiger charge is 2.09. The summed E-state index contributed by atoms with van der Waals surface area (Å²) in [7, 11) is 1.63. The second-order valence-corrected chi connectivity index (χ2v) is 8.30. The number of nitrogens with one attached hydrogen (secondary N) is 2. The molecule has 0 aliphatic rings. The fourth-order valence-corrected chi connectivity index (χ4v) is 4.09. The number of rotatable bonds is 9. The van der Waals surface area contributed by atoms with E-state index in [1.165, 1.54) is 23.5 Å². The molecule has 0 aliphatic carbocycles. The number of nitrogens with zero attached hydrogens (tertiary/aromatic N) is 2. The van der Waals surface area contributed by atoms with Crippen LogP contribution in [0.3, 0.4) is 0 Å². The Bertz CT molecular complexity index is 934. The van der Waals surface area contributed by atoms with E-state index in [1.807, 2.05) is 24.3 Å². The van der Waals surface area contributed by atoms with Gasteiger partial charge in [0, 0.05) is 17.9 Å². The third-order valence-corrected chi connectivity index (χ3v) is 5.80. The van der Waals surface area contributed by atoms with E-state index < -0.39 is 0 Å². The first-order valence-electron chi connectivity index (χ1n) is 9.01. The van der Waals surface area contributed by atoms with Gasteiger partial charge in [0.15, 0.2) is 0 Å². The molecule has 0 atom stereocenters. The van der Waals surface area contributed by atoms with Crippen LogP contribution in [-0.2, 0) is 6.42 Å². The molecule has 1 heterocycles. The van der Waals surface area contributed by atoms with Gasteiger partial charge in [0.2, 0.25) is 5.13 Å². The molecule has 0 unspecified atom stereocenters. The van der Waals surface area contributed by atoms with Crippen LogP contribution in [0, 0.1) is 5.82 Å². The minimum absolute atomic E-state index is 0.240. The van der Waals surface area contributed by atoms with Crippen molar-refractivity contribution in [3.05, 3.63) is 64.9 Å². The van der Waals surface area contributed by atoms with Crippen molar-refractivity contribution in [3.8, 4) is 5.75 Å². The van der Waals surface area contributed by atoms with Crippen LogP contribution in [0.25, 0.3) is 0 Å². The summed E-state index contributed by atoms with van der Waals surface area (Å²) in [5, 5.41) is 14.9. The van der Waals surface area contributed by atoms with Gasteiger partial charge in [0.05, 0.1) is 7.11 Å². The molecular formula is C20H21FN4O2S2. The zero-order chi connectivity index (χ0) is 20.5. The Balaban J connectivity index is 1.36. The number of benzene rings is 2. The summed E-state index contributed by atoms with van der Waals surface area (Å²) >= 11 is 2.97. The number of methoxy groups -OCH3 is 1. The molecule has 2 aromatic carbocycles. The third-order valence-electron chi connectivity index (χ3n) is 3.87. The van der Waals surface area contributed by atoms with Crippen molar-refractivity contribution < 1.29 is 13.9 Å². The molecule has 3 aromatic rings. The summed E-state index contributed by atoms with van der Waals surface area (Å²) in [5.74, 6) is 1.38. The van der Waals surface area contributed by atoms with Gasteiger partial charge in [-0.2, -0.15) is 0 Å². The van der Waals surface area contributed by atoms with Gasteiger partial charge in [-0.3, -0.25) is 5.32 Å². The van der Waals surface area contributed by atoms with E-state index in [9.17, 15) is 9.18 Å². The summed E-state index contributed by atoms with van der Waals surface area (Å²) in [6.07, 6.45) is 1.42. The molecule has 0 bridgehead atoms. The predicted octanol–water partition coefficient (Wildman–Crippen LogP) is 4.58. The lowest BCUT2D eigenvalue weighted by Crippen LogP contribution is -2.29. The fraction of sp³-hybridized carbons (Fsp3) is 0.250. The second-order valence-electron chi connectivity index (χ2n) is 6.07. The molecule has 6 nitrogen and oxygen atoms in total. The Morgan fingerprint density at radius 3 is 2.83 bits per heavy atom. The summed E-state index contributed by atoms with van der Waals surface area (Å²) in [6.45, 7) is 0.537. The van der Waals surface area contributed by atoms with Gasteiger partial charge in [-0.05, 0) is 54.1 Å². The molecule has 0 aliphatic heterocycles. The summed E-state index contributed by atoms with van der Waals surface area (Å²) in [5.41, 5.74) is 1.06. The second kappa shape index (κ2) is 10.8. The van der Waals surface area contributed by atoms with Crippen molar-refractivity contribution in [1.82, 2.24) is 15.5 Å².